The van der Waals surface area contributed by atoms with Crippen molar-refractivity contribution >= 4 is 11.5 Å². The zero-order chi connectivity index (χ0) is 21.6. The average molecular weight is 426 g/mol. The van der Waals surface area contributed by atoms with E-state index in [0.717, 1.165) is 57.2 Å². The highest BCUT2D eigenvalue weighted by Gasteiger charge is 2.20. The fourth-order valence-electron chi connectivity index (χ4n) is 3.94. The molecule has 2 heterocycles. The Morgan fingerprint density at radius 1 is 1.03 bits per heavy atom. The first-order valence-electron chi connectivity index (χ1n) is 11.0. The van der Waals surface area contributed by atoms with Crippen LogP contribution in [0.2, 0.25) is 0 Å². The summed E-state index contributed by atoms with van der Waals surface area (Å²) in [5.41, 5.74) is 8.45. The van der Waals surface area contributed by atoms with Gasteiger partial charge in [0, 0.05) is 51.3 Å². The molecule has 2 aromatic carbocycles. The molecule has 2 aliphatic rings. The van der Waals surface area contributed by atoms with Gasteiger partial charge in [0.2, 0.25) is 6.79 Å². The first kappa shape index (κ1) is 21.5. The van der Waals surface area contributed by atoms with Crippen molar-refractivity contribution in [1.29, 1.82) is 0 Å². The van der Waals surface area contributed by atoms with Crippen LogP contribution in [-0.2, 0) is 6.54 Å². The van der Waals surface area contributed by atoms with Crippen LogP contribution in [0, 0.1) is 0 Å². The molecule has 1 saturated heterocycles. The summed E-state index contributed by atoms with van der Waals surface area (Å²) in [5.74, 6) is 2.43. The molecule has 2 aromatic rings. The first-order valence-corrected chi connectivity index (χ1v) is 11.0. The molecular weight excluding hydrogens is 394 g/mol. The van der Waals surface area contributed by atoms with Gasteiger partial charge in [-0.1, -0.05) is 13.0 Å². The minimum atomic E-state index is 0.122. The Hall–Kier alpha value is -2.77. The topological polar surface area (TPSA) is 77.3 Å². The minimum Gasteiger partial charge on any atom is -0.491 e. The molecule has 166 valence electrons. The molecule has 0 aromatic heterocycles. The van der Waals surface area contributed by atoms with Gasteiger partial charge >= 0.3 is 0 Å². The van der Waals surface area contributed by atoms with Crippen LogP contribution in [0.5, 0.6) is 17.2 Å². The van der Waals surface area contributed by atoms with E-state index in [9.17, 15) is 4.79 Å². The third-order valence-electron chi connectivity index (χ3n) is 5.76. The lowest BCUT2D eigenvalue weighted by Gasteiger charge is -2.34. The maximum Gasteiger partial charge on any atom is 0.231 e. The van der Waals surface area contributed by atoms with Crippen molar-refractivity contribution in [3.05, 3.63) is 47.5 Å². The number of ether oxygens (including phenoxy) is 3. The number of hydrogen-bond donors (Lipinski definition) is 1. The fraction of sp³-hybridized carbons (Fsp3) is 0.458. The Kier molecular flexibility index (Phi) is 6.94. The van der Waals surface area contributed by atoms with E-state index in [4.69, 9.17) is 19.9 Å². The van der Waals surface area contributed by atoms with Gasteiger partial charge in [0.05, 0.1) is 12.3 Å². The second kappa shape index (κ2) is 10.0. The molecule has 2 N–H and O–H groups in total. The molecule has 0 spiro atoms. The highest BCUT2D eigenvalue weighted by atomic mass is 16.7. The number of benzene rings is 2. The van der Waals surface area contributed by atoms with Gasteiger partial charge in [-0.15, -0.1) is 0 Å². The summed E-state index contributed by atoms with van der Waals surface area (Å²) in [5, 5.41) is 0. The molecule has 0 atom stereocenters. The van der Waals surface area contributed by atoms with Crippen LogP contribution in [0.1, 0.15) is 35.7 Å². The summed E-state index contributed by atoms with van der Waals surface area (Å²) in [6.07, 6.45) is 1.42. The van der Waals surface area contributed by atoms with Gasteiger partial charge in [0.15, 0.2) is 17.3 Å². The van der Waals surface area contributed by atoms with Crippen molar-refractivity contribution < 1.29 is 19.0 Å². The van der Waals surface area contributed by atoms with E-state index >= 15 is 0 Å². The van der Waals surface area contributed by atoms with E-state index in [1.165, 1.54) is 5.56 Å². The molecule has 0 bridgehead atoms. The Labute approximate surface area is 183 Å². The summed E-state index contributed by atoms with van der Waals surface area (Å²) >= 11 is 0. The second-order valence-electron chi connectivity index (χ2n) is 8.08. The number of anilines is 1. The van der Waals surface area contributed by atoms with Crippen molar-refractivity contribution in [1.82, 2.24) is 9.80 Å². The zero-order valence-corrected chi connectivity index (χ0v) is 18.1. The highest BCUT2D eigenvalue weighted by Crippen LogP contribution is 2.32. The van der Waals surface area contributed by atoms with Gasteiger partial charge in [-0.25, -0.2) is 0 Å². The molecule has 4 rings (SSSR count). The SMILES string of the molecule is CCCOc1ccc(C(=O)CCN2CCN(Cc3ccc4c(c3)OCO4)CC2)cc1N. The smallest absolute Gasteiger partial charge is 0.231 e. The second-order valence-corrected chi connectivity index (χ2v) is 8.08. The molecule has 0 unspecified atom stereocenters. The maximum absolute atomic E-state index is 12.6. The standard InChI is InChI=1S/C24H31N3O4/c1-2-13-29-22-6-4-19(15-20(22)25)21(28)7-8-26-9-11-27(12-10-26)16-18-3-5-23-24(14-18)31-17-30-23/h3-6,14-15H,2,7-13,16-17,25H2,1H3. The van der Waals surface area contributed by atoms with Crippen LogP contribution in [0.25, 0.3) is 0 Å². The van der Waals surface area contributed by atoms with E-state index in [2.05, 4.69) is 21.9 Å². The number of rotatable bonds is 9. The minimum absolute atomic E-state index is 0.122. The Bertz CT molecular complexity index is 910. The average Bonchev–Trinajstić information content (AvgIpc) is 3.25. The van der Waals surface area contributed by atoms with Gasteiger partial charge in [0.1, 0.15) is 5.75 Å². The van der Waals surface area contributed by atoms with Crippen LogP contribution >= 0.6 is 0 Å². The molecule has 0 radical (unpaired) electrons. The number of nitrogens with two attached hydrogens (primary N) is 1. The van der Waals surface area contributed by atoms with E-state index in [1.807, 2.05) is 19.1 Å². The molecule has 1 fully saturated rings. The van der Waals surface area contributed by atoms with Crippen molar-refractivity contribution in [2.24, 2.45) is 0 Å². The third kappa shape index (κ3) is 5.48. The summed E-state index contributed by atoms with van der Waals surface area (Å²) in [4.78, 5) is 17.4. The van der Waals surface area contributed by atoms with Crippen LogP contribution in [-0.4, -0.2) is 61.7 Å². The molecule has 0 amide bonds. The number of hydrogen-bond acceptors (Lipinski definition) is 7. The van der Waals surface area contributed by atoms with Crippen LogP contribution in [0.3, 0.4) is 0 Å². The molecule has 7 heteroatoms. The number of carbonyl (C=O) groups excluding carboxylic acids is 1. The normalized spacial score (nSPS) is 16.4. The molecule has 31 heavy (non-hydrogen) atoms. The molecular formula is C24H31N3O4. The number of ketones is 1. The third-order valence-corrected chi connectivity index (χ3v) is 5.76. The molecule has 2 aliphatic heterocycles. The van der Waals surface area contributed by atoms with E-state index < -0.39 is 0 Å². The van der Waals surface area contributed by atoms with E-state index in [0.29, 0.717) is 36.8 Å². The van der Waals surface area contributed by atoms with Gasteiger partial charge < -0.3 is 24.8 Å². The lowest BCUT2D eigenvalue weighted by Crippen LogP contribution is -2.46. The Morgan fingerprint density at radius 3 is 2.58 bits per heavy atom. The lowest BCUT2D eigenvalue weighted by atomic mass is 10.1. The van der Waals surface area contributed by atoms with Crippen molar-refractivity contribution in [3.8, 4) is 17.2 Å². The van der Waals surface area contributed by atoms with E-state index in [1.54, 1.807) is 12.1 Å². The van der Waals surface area contributed by atoms with Gasteiger partial charge in [-0.3, -0.25) is 9.69 Å². The monoisotopic (exact) mass is 425 g/mol. The number of piperazine rings is 1. The summed E-state index contributed by atoms with van der Waals surface area (Å²) in [6, 6.07) is 11.5. The molecule has 0 aliphatic carbocycles. The van der Waals surface area contributed by atoms with Gasteiger partial charge in [-0.2, -0.15) is 0 Å². The van der Waals surface area contributed by atoms with Crippen molar-refractivity contribution in [2.45, 2.75) is 26.3 Å². The number of Topliss-reactive ketones (excluding diaryl/α,β-unsaturated/α-hetero) is 1. The quantitative estimate of drug-likeness (QED) is 0.488. The van der Waals surface area contributed by atoms with E-state index in [-0.39, 0.29) is 5.78 Å². The van der Waals surface area contributed by atoms with Crippen LogP contribution in [0.4, 0.5) is 5.69 Å². The van der Waals surface area contributed by atoms with Crippen molar-refractivity contribution in [3.63, 3.8) is 0 Å². The molecule has 7 nitrogen and oxygen atoms in total. The fourth-order valence-corrected chi connectivity index (χ4v) is 3.94. The zero-order valence-electron chi connectivity index (χ0n) is 18.1. The number of nitrogens with zero attached hydrogens (tertiary/aromatic N) is 2. The summed E-state index contributed by atoms with van der Waals surface area (Å²) < 4.78 is 16.4. The summed E-state index contributed by atoms with van der Waals surface area (Å²) in [7, 11) is 0. The maximum atomic E-state index is 12.6. The lowest BCUT2D eigenvalue weighted by molar-refractivity contribution is 0.0922. The summed E-state index contributed by atoms with van der Waals surface area (Å²) in [6.45, 7) is 8.54. The largest absolute Gasteiger partial charge is 0.491 e. The Morgan fingerprint density at radius 2 is 1.81 bits per heavy atom. The van der Waals surface area contributed by atoms with Crippen LogP contribution in [0.15, 0.2) is 36.4 Å². The van der Waals surface area contributed by atoms with Crippen molar-refractivity contribution in [2.75, 3.05) is 51.9 Å². The van der Waals surface area contributed by atoms with Crippen LogP contribution < -0.4 is 19.9 Å². The number of fused-ring (bicyclic) bond motifs is 1. The van der Waals surface area contributed by atoms with Gasteiger partial charge in [0.25, 0.3) is 0 Å². The molecule has 0 saturated carbocycles. The predicted molar refractivity (Wildman–Crippen MR) is 120 cm³/mol. The first-order chi connectivity index (χ1) is 15.1. The number of nitrogen functional groups attached to an aromatic ring is 1. The predicted octanol–water partition coefficient (Wildman–Crippen LogP) is 3.18. The van der Waals surface area contributed by atoms with Gasteiger partial charge in [-0.05, 0) is 42.3 Å². The highest BCUT2D eigenvalue weighted by molar-refractivity contribution is 5.97. The number of carbonyl (C=O) groups is 1. The Balaban J connectivity index is 1.21.